The van der Waals surface area contributed by atoms with Crippen molar-refractivity contribution in [3.63, 3.8) is 0 Å². The van der Waals surface area contributed by atoms with Gasteiger partial charge in [-0.15, -0.1) is 0 Å². The smallest absolute Gasteiger partial charge is 0.251 e. The van der Waals surface area contributed by atoms with Crippen molar-refractivity contribution >= 4 is 5.91 Å². The molecular formula is C18H25N5O2. The summed E-state index contributed by atoms with van der Waals surface area (Å²) in [5, 5.41) is 17.1. The molecule has 3 rings (SSSR count). The lowest BCUT2D eigenvalue weighted by atomic mass is 9.99. The average molecular weight is 343 g/mol. The molecule has 2 N–H and O–H groups in total. The van der Waals surface area contributed by atoms with Gasteiger partial charge in [-0.3, -0.25) is 4.79 Å². The Kier molecular flexibility index (Phi) is 5.78. The lowest BCUT2D eigenvalue weighted by Gasteiger charge is -2.31. The van der Waals surface area contributed by atoms with E-state index in [2.05, 4.69) is 27.2 Å². The number of nitrogens with one attached hydrogen (secondary N) is 1. The number of benzene rings is 1. The van der Waals surface area contributed by atoms with Crippen molar-refractivity contribution in [2.75, 3.05) is 26.2 Å². The minimum Gasteiger partial charge on any atom is -0.390 e. The zero-order valence-electron chi connectivity index (χ0n) is 14.5. The first-order valence-electron chi connectivity index (χ1n) is 8.75. The second kappa shape index (κ2) is 8.22. The van der Waals surface area contributed by atoms with E-state index in [1.807, 2.05) is 6.07 Å². The molecule has 0 saturated carbocycles. The van der Waals surface area contributed by atoms with Gasteiger partial charge in [-0.1, -0.05) is 13.0 Å². The summed E-state index contributed by atoms with van der Waals surface area (Å²) in [6, 6.07) is 7.16. The zero-order valence-corrected chi connectivity index (χ0v) is 14.5. The lowest BCUT2D eigenvalue weighted by Crippen LogP contribution is -2.43. The molecular weight excluding hydrogens is 318 g/mol. The first-order chi connectivity index (χ1) is 12.1. The number of carbonyl (C=O) groups excluding carboxylic acids is 1. The zero-order chi connectivity index (χ0) is 17.6. The summed E-state index contributed by atoms with van der Waals surface area (Å²) in [6.45, 7) is 5.16. The van der Waals surface area contributed by atoms with Crippen LogP contribution in [-0.2, 0) is 0 Å². The van der Waals surface area contributed by atoms with Crippen LogP contribution in [0.25, 0.3) is 5.69 Å². The molecule has 1 fully saturated rings. The number of nitrogens with zero attached hydrogens (tertiary/aromatic N) is 4. The predicted molar refractivity (Wildman–Crippen MR) is 94.5 cm³/mol. The van der Waals surface area contributed by atoms with Gasteiger partial charge in [0.25, 0.3) is 5.91 Å². The summed E-state index contributed by atoms with van der Waals surface area (Å²) < 4.78 is 1.60. The molecule has 1 aliphatic heterocycles. The van der Waals surface area contributed by atoms with Gasteiger partial charge in [0.15, 0.2) is 0 Å². The van der Waals surface area contributed by atoms with Gasteiger partial charge in [-0.25, -0.2) is 9.67 Å². The van der Waals surface area contributed by atoms with Crippen LogP contribution in [0, 0.1) is 5.92 Å². The Labute approximate surface area is 147 Å². The molecule has 1 saturated heterocycles. The van der Waals surface area contributed by atoms with Crippen molar-refractivity contribution in [3.05, 3.63) is 42.5 Å². The molecule has 1 aromatic heterocycles. The van der Waals surface area contributed by atoms with Crippen molar-refractivity contribution < 1.29 is 9.90 Å². The topological polar surface area (TPSA) is 83.3 Å². The van der Waals surface area contributed by atoms with Gasteiger partial charge in [0, 0.05) is 18.7 Å². The summed E-state index contributed by atoms with van der Waals surface area (Å²) in [5.74, 6) is 0.568. The Hall–Kier alpha value is -2.25. The summed E-state index contributed by atoms with van der Waals surface area (Å²) in [4.78, 5) is 18.5. The van der Waals surface area contributed by atoms with Gasteiger partial charge in [-0.05, 0) is 50.0 Å². The Morgan fingerprint density at radius 1 is 1.40 bits per heavy atom. The van der Waals surface area contributed by atoms with Crippen LogP contribution in [0.15, 0.2) is 36.9 Å². The highest BCUT2D eigenvalue weighted by molar-refractivity contribution is 5.94. The molecule has 1 atom stereocenters. The minimum absolute atomic E-state index is 0.201. The van der Waals surface area contributed by atoms with Crippen LogP contribution >= 0.6 is 0 Å². The third-order valence-electron chi connectivity index (χ3n) is 4.64. The summed E-state index contributed by atoms with van der Waals surface area (Å²) >= 11 is 0. The molecule has 0 bridgehead atoms. The lowest BCUT2D eigenvalue weighted by molar-refractivity contribution is 0.0795. The fourth-order valence-electron chi connectivity index (χ4n) is 3.05. The van der Waals surface area contributed by atoms with E-state index in [4.69, 9.17) is 0 Å². The van der Waals surface area contributed by atoms with E-state index in [1.54, 1.807) is 29.2 Å². The van der Waals surface area contributed by atoms with Crippen molar-refractivity contribution in [1.82, 2.24) is 25.0 Å². The molecule has 0 aliphatic carbocycles. The largest absolute Gasteiger partial charge is 0.390 e. The van der Waals surface area contributed by atoms with Gasteiger partial charge < -0.3 is 15.3 Å². The number of carbonyl (C=O) groups is 1. The Morgan fingerprint density at radius 3 is 2.92 bits per heavy atom. The first kappa shape index (κ1) is 17.6. The fourth-order valence-corrected chi connectivity index (χ4v) is 3.05. The van der Waals surface area contributed by atoms with E-state index in [0.29, 0.717) is 12.1 Å². The third-order valence-corrected chi connectivity index (χ3v) is 4.64. The molecule has 0 radical (unpaired) electrons. The van der Waals surface area contributed by atoms with Crippen molar-refractivity contribution in [1.29, 1.82) is 0 Å². The molecule has 2 aromatic rings. The quantitative estimate of drug-likeness (QED) is 0.820. The molecule has 0 spiro atoms. The van der Waals surface area contributed by atoms with Crippen LogP contribution < -0.4 is 5.32 Å². The standard InChI is InChI=1S/C18H25N5O2/c1-14-5-7-22(8-6-14)11-17(24)10-20-18(25)15-3-2-4-16(9-15)23-13-19-12-21-23/h2-4,9,12-14,17,24H,5-8,10-11H2,1H3,(H,20,25). The molecule has 1 aliphatic rings. The van der Waals surface area contributed by atoms with Gasteiger partial charge in [0.1, 0.15) is 12.7 Å². The van der Waals surface area contributed by atoms with Crippen molar-refractivity contribution in [2.45, 2.75) is 25.9 Å². The predicted octanol–water partition coefficient (Wildman–Crippen LogP) is 1.09. The average Bonchev–Trinajstić information content (AvgIpc) is 3.16. The highest BCUT2D eigenvalue weighted by Crippen LogP contribution is 2.16. The molecule has 7 nitrogen and oxygen atoms in total. The number of hydrogen-bond acceptors (Lipinski definition) is 5. The number of piperidine rings is 1. The molecule has 1 amide bonds. The number of likely N-dealkylation sites (tertiary alicyclic amines) is 1. The van der Waals surface area contributed by atoms with Gasteiger partial charge in [-0.2, -0.15) is 5.10 Å². The molecule has 1 unspecified atom stereocenters. The number of hydrogen-bond donors (Lipinski definition) is 2. The Bertz CT molecular complexity index is 681. The van der Waals surface area contributed by atoms with Crippen LogP contribution in [0.1, 0.15) is 30.1 Å². The van der Waals surface area contributed by atoms with Gasteiger partial charge >= 0.3 is 0 Å². The fraction of sp³-hybridized carbons (Fsp3) is 0.500. The normalized spacial score (nSPS) is 17.4. The Morgan fingerprint density at radius 2 is 2.20 bits per heavy atom. The maximum Gasteiger partial charge on any atom is 0.251 e. The molecule has 25 heavy (non-hydrogen) atoms. The SMILES string of the molecule is CC1CCN(CC(O)CNC(=O)c2cccc(-n3cncn3)c2)CC1. The molecule has 7 heteroatoms. The van der Waals surface area contributed by atoms with Crippen LogP contribution in [0.2, 0.25) is 0 Å². The first-order valence-corrected chi connectivity index (χ1v) is 8.75. The van der Waals surface area contributed by atoms with Crippen molar-refractivity contribution in [2.24, 2.45) is 5.92 Å². The second-order valence-electron chi connectivity index (χ2n) is 6.74. The summed E-state index contributed by atoms with van der Waals surface area (Å²) in [5.41, 5.74) is 1.31. The van der Waals surface area contributed by atoms with Crippen LogP contribution in [-0.4, -0.2) is 63.0 Å². The van der Waals surface area contributed by atoms with E-state index in [0.717, 1.165) is 24.7 Å². The van der Waals surface area contributed by atoms with E-state index in [1.165, 1.54) is 19.2 Å². The van der Waals surface area contributed by atoms with Crippen LogP contribution in [0.5, 0.6) is 0 Å². The van der Waals surface area contributed by atoms with E-state index < -0.39 is 6.10 Å². The van der Waals surface area contributed by atoms with Crippen LogP contribution in [0.3, 0.4) is 0 Å². The van der Waals surface area contributed by atoms with Gasteiger partial charge in [0.05, 0.1) is 11.8 Å². The van der Waals surface area contributed by atoms with E-state index >= 15 is 0 Å². The maximum absolute atomic E-state index is 12.3. The number of rotatable bonds is 6. The molecule has 1 aromatic carbocycles. The van der Waals surface area contributed by atoms with Crippen molar-refractivity contribution in [3.8, 4) is 5.69 Å². The van der Waals surface area contributed by atoms with Gasteiger partial charge in [0.2, 0.25) is 0 Å². The number of aromatic nitrogens is 3. The molecule has 134 valence electrons. The Balaban J connectivity index is 1.50. The maximum atomic E-state index is 12.3. The number of amides is 1. The third kappa shape index (κ3) is 4.87. The number of aliphatic hydroxyl groups is 1. The summed E-state index contributed by atoms with van der Waals surface area (Å²) in [7, 11) is 0. The van der Waals surface area contributed by atoms with E-state index in [9.17, 15) is 9.90 Å². The second-order valence-corrected chi connectivity index (χ2v) is 6.74. The highest BCUT2D eigenvalue weighted by atomic mass is 16.3. The summed E-state index contributed by atoms with van der Waals surface area (Å²) in [6.07, 6.45) is 4.82. The minimum atomic E-state index is -0.559. The monoisotopic (exact) mass is 343 g/mol. The molecule has 2 heterocycles. The highest BCUT2D eigenvalue weighted by Gasteiger charge is 2.18. The van der Waals surface area contributed by atoms with Crippen LogP contribution in [0.4, 0.5) is 0 Å². The number of aliphatic hydroxyl groups excluding tert-OH is 1. The number of β-amino-alcohol motifs (C(OH)–C–C–N with tert-alkyl or cyclic N) is 1. The van der Waals surface area contributed by atoms with E-state index in [-0.39, 0.29) is 12.5 Å².